The Labute approximate surface area is 102 Å². The number of nitrogens with one attached hydrogen (secondary N) is 1. The quantitative estimate of drug-likeness (QED) is 0.775. The SMILES string of the molecule is CC1CCCN(CC(C)(C)CNC(C)C)C1. The van der Waals surface area contributed by atoms with Gasteiger partial charge in [0.1, 0.15) is 0 Å². The summed E-state index contributed by atoms with van der Waals surface area (Å²) in [7, 11) is 0. The molecular weight excluding hydrogens is 196 g/mol. The lowest BCUT2D eigenvalue weighted by Crippen LogP contribution is -2.45. The predicted molar refractivity (Wildman–Crippen MR) is 71.8 cm³/mol. The zero-order valence-corrected chi connectivity index (χ0v) is 11.8. The summed E-state index contributed by atoms with van der Waals surface area (Å²) in [5.41, 5.74) is 0.390. The van der Waals surface area contributed by atoms with Crippen LogP contribution >= 0.6 is 0 Å². The van der Waals surface area contributed by atoms with Gasteiger partial charge in [0, 0.05) is 25.7 Å². The zero-order chi connectivity index (χ0) is 12.2. The molecule has 0 spiro atoms. The molecule has 1 N–H and O–H groups in total. The van der Waals surface area contributed by atoms with Crippen molar-refractivity contribution in [1.29, 1.82) is 0 Å². The molecule has 0 aromatic carbocycles. The second-order valence-electron chi connectivity index (χ2n) is 6.68. The van der Waals surface area contributed by atoms with Gasteiger partial charge in [-0.3, -0.25) is 0 Å². The van der Waals surface area contributed by atoms with E-state index in [-0.39, 0.29) is 0 Å². The minimum absolute atomic E-state index is 0.390. The molecule has 96 valence electrons. The maximum Gasteiger partial charge on any atom is 0.00449 e. The fraction of sp³-hybridized carbons (Fsp3) is 1.00. The van der Waals surface area contributed by atoms with E-state index in [0.717, 1.165) is 12.5 Å². The Balaban J connectivity index is 2.32. The van der Waals surface area contributed by atoms with Crippen LogP contribution < -0.4 is 5.32 Å². The first-order chi connectivity index (χ1) is 7.39. The van der Waals surface area contributed by atoms with Gasteiger partial charge < -0.3 is 10.2 Å². The fourth-order valence-electron chi connectivity index (χ4n) is 2.57. The second kappa shape index (κ2) is 6.02. The van der Waals surface area contributed by atoms with Crippen LogP contribution in [0.3, 0.4) is 0 Å². The van der Waals surface area contributed by atoms with Crippen LogP contribution in [-0.4, -0.2) is 37.1 Å². The average Bonchev–Trinajstić information content (AvgIpc) is 2.14. The molecule has 0 radical (unpaired) electrons. The summed E-state index contributed by atoms with van der Waals surface area (Å²) >= 11 is 0. The molecule has 0 amide bonds. The van der Waals surface area contributed by atoms with Crippen LogP contribution in [0.15, 0.2) is 0 Å². The Morgan fingerprint density at radius 1 is 1.38 bits per heavy atom. The minimum atomic E-state index is 0.390. The van der Waals surface area contributed by atoms with Crippen LogP contribution in [0, 0.1) is 11.3 Å². The van der Waals surface area contributed by atoms with E-state index in [9.17, 15) is 0 Å². The number of rotatable bonds is 5. The van der Waals surface area contributed by atoms with Crippen LogP contribution in [0.25, 0.3) is 0 Å². The maximum atomic E-state index is 3.56. The third-order valence-electron chi connectivity index (χ3n) is 3.38. The summed E-state index contributed by atoms with van der Waals surface area (Å²) in [4.78, 5) is 2.65. The molecular formula is C14H30N2. The molecule has 1 heterocycles. The summed E-state index contributed by atoms with van der Waals surface area (Å²) in [6.45, 7) is 16.5. The lowest BCUT2D eigenvalue weighted by atomic mass is 9.90. The van der Waals surface area contributed by atoms with Crippen LogP contribution in [-0.2, 0) is 0 Å². The number of piperidine rings is 1. The van der Waals surface area contributed by atoms with Crippen molar-refractivity contribution in [3.63, 3.8) is 0 Å². The monoisotopic (exact) mass is 226 g/mol. The van der Waals surface area contributed by atoms with Crippen molar-refractivity contribution in [2.24, 2.45) is 11.3 Å². The zero-order valence-electron chi connectivity index (χ0n) is 11.8. The van der Waals surface area contributed by atoms with Gasteiger partial charge in [-0.15, -0.1) is 0 Å². The largest absolute Gasteiger partial charge is 0.314 e. The smallest absolute Gasteiger partial charge is 0.00449 e. The van der Waals surface area contributed by atoms with E-state index >= 15 is 0 Å². The molecule has 1 atom stereocenters. The lowest BCUT2D eigenvalue weighted by molar-refractivity contribution is 0.123. The third-order valence-corrected chi connectivity index (χ3v) is 3.38. The van der Waals surface area contributed by atoms with Gasteiger partial charge in [-0.05, 0) is 30.7 Å². The van der Waals surface area contributed by atoms with Crippen molar-refractivity contribution in [3.05, 3.63) is 0 Å². The van der Waals surface area contributed by atoms with Gasteiger partial charge in [-0.1, -0.05) is 34.6 Å². The van der Waals surface area contributed by atoms with E-state index in [1.54, 1.807) is 0 Å². The summed E-state index contributed by atoms with van der Waals surface area (Å²) in [5.74, 6) is 0.891. The molecule has 1 rings (SSSR count). The highest BCUT2D eigenvalue weighted by Gasteiger charge is 2.24. The molecule has 1 unspecified atom stereocenters. The third kappa shape index (κ3) is 5.31. The number of nitrogens with zero attached hydrogens (tertiary/aromatic N) is 1. The van der Waals surface area contributed by atoms with Gasteiger partial charge in [0.15, 0.2) is 0 Å². The van der Waals surface area contributed by atoms with Gasteiger partial charge in [0.25, 0.3) is 0 Å². The predicted octanol–water partition coefficient (Wildman–Crippen LogP) is 2.74. The summed E-state index contributed by atoms with van der Waals surface area (Å²) in [6.07, 6.45) is 2.80. The van der Waals surface area contributed by atoms with E-state index in [2.05, 4.69) is 44.8 Å². The van der Waals surface area contributed by atoms with E-state index in [4.69, 9.17) is 0 Å². The lowest BCUT2D eigenvalue weighted by Gasteiger charge is -2.37. The molecule has 0 aliphatic carbocycles. The van der Waals surface area contributed by atoms with Crippen LogP contribution in [0.5, 0.6) is 0 Å². The first kappa shape index (κ1) is 14.0. The van der Waals surface area contributed by atoms with Gasteiger partial charge in [0.05, 0.1) is 0 Å². The second-order valence-corrected chi connectivity index (χ2v) is 6.68. The molecule has 1 aliphatic rings. The number of likely N-dealkylation sites (tertiary alicyclic amines) is 1. The normalized spacial score (nSPS) is 24.0. The topological polar surface area (TPSA) is 15.3 Å². The highest BCUT2D eigenvalue weighted by atomic mass is 15.1. The summed E-state index contributed by atoms with van der Waals surface area (Å²) in [5, 5.41) is 3.56. The Kier molecular flexibility index (Phi) is 5.26. The molecule has 0 aromatic heterocycles. The Hall–Kier alpha value is -0.0800. The Bertz CT molecular complexity index is 199. The van der Waals surface area contributed by atoms with E-state index in [1.165, 1.54) is 32.5 Å². The number of hydrogen-bond acceptors (Lipinski definition) is 2. The average molecular weight is 226 g/mol. The molecule has 0 bridgehead atoms. The van der Waals surface area contributed by atoms with Crippen LogP contribution in [0.4, 0.5) is 0 Å². The van der Waals surface area contributed by atoms with Crippen molar-refractivity contribution in [2.45, 2.75) is 53.5 Å². The molecule has 0 aromatic rings. The first-order valence-corrected chi connectivity index (χ1v) is 6.85. The maximum absolute atomic E-state index is 3.56. The molecule has 16 heavy (non-hydrogen) atoms. The van der Waals surface area contributed by atoms with E-state index in [1.807, 2.05) is 0 Å². The highest BCUT2D eigenvalue weighted by molar-refractivity contribution is 4.80. The molecule has 1 saturated heterocycles. The van der Waals surface area contributed by atoms with E-state index in [0.29, 0.717) is 11.5 Å². The minimum Gasteiger partial charge on any atom is -0.314 e. The van der Waals surface area contributed by atoms with Crippen molar-refractivity contribution < 1.29 is 0 Å². The first-order valence-electron chi connectivity index (χ1n) is 6.85. The van der Waals surface area contributed by atoms with E-state index < -0.39 is 0 Å². The van der Waals surface area contributed by atoms with Crippen LogP contribution in [0.1, 0.15) is 47.5 Å². The molecule has 2 heteroatoms. The number of hydrogen-bond donors (Lipinski definition) is 1. The van der Waals surface area contributed by atoms with Gasteiger partial charge in [0.2, 0.25) is 0 Å². The fourth-order valence-corrected chi connectivity index (χ4v) is 2.57. The molecule has 2 nitrogen and oxygen atoms in total. The van der Waals surface area contributed by atoms with Crippen molar-refractivity contribution >= 4 is 0 Å². The van der Waals surface area contributed by atoms with Crippen LogP contribution in [0.2, 0.25) is 0 Å². The van der Waals surface area contributed by atoms with Crippen molar-refractivity contribution in [3.8, 4) is 0 Å². The van der Waals surface area contributed by atoms with Gasteiger partial charge in [-0.25, -0.2) is 0 Å². The standard InChI is InChI=1S/C14H30N2/c1-12(2)15-10-14(4,5)11-16-8-6-7-13(3)9-16/h12-13,15H,6-11H2,1-5H3. The van der Waals surface area contributed by atoms with Gasteiger partial charge in [-0.2, -0.15) is 0 Å². The summed E-state index contributed by atoms with van der Waals surface area (Å²) < 4.78 is 0. The van der Waals surface area contributed by atoms with Crippen molar-refractivity contribution in [1.82, 2.24) is 10.2 Å². The highest BCUT2D eigenvalue weighted by Crippen LogP contribution is 2.21. The molecule has 1 fully saturated rings. The van der Waals surface area contributed by atoms with Crippen molar-refractivity contribution in [2.75, 3.05) is 26.2 Å². The molecule has 1 aliphatic heterocycles. The van der Waals surface area contributed by atoms with Gasteiger partial charge >= 0.3 is 0 Å². The Morgan fingerprint density at radius 2 is 2.06 bits per heavy atom. The Morgan fingerprint density at radius 3 is 2.62 bits per heavy atom. The summed E-state index contributed by atoms with van der Waals surface area (Å²) in [6, 6.07) is 0.597. The molecule has 0 saturated carbocycles.